The van der Waals surface area contributed by atoms with Crippen LogP contribution in [0, 0.1) is 6.92 Å². The Balaban J connectivity index is 2.06. The van der Waals surface area contributed by atoms with Gasteiger partial charge in [-0.1, -0.05) is 71.8 Å². The third-order valence-electron chi connectivity index (χ3n) is 6.21. The van der Waals surface area contributed by atoms with Crippen molar-refractivity contribution in [2.75, 3.05) is 24.2 Å². The Hall–Kier alpha value is -3.57. The quantitative estimate of drug-likeness (QED) is 0.364. The number of anilines is 1. The first-order valence-electron chi connectivity index (χ1n) is 12.2. The van der Waals surface area contributed by atoms with Gasteiger partial charge in [0.2, 0.25) is 21.8 Å². The molecule has 3 rings (SSSR count). The number of alkyl halides is 3. The van der Waals surface area contributed by atoms with E-state index in [9.17, 15) is 31.2 Å². The molecule has 0 aliphatic heterocycles. The van der Waals surface area contributed by atoms with Crippen LogP contribution in [0.1, 0.15) is 22.3 Å². The lowest BCUT2D eigenvalue weighted by Gasteiger charge is -2.33. The number of halogens is 4. The van der Waals surface area contributed by atoms with Crippen molar-refractivity contribution in [2.45, 2.75) is 32.1 Å². The van der Waals surface area contributed by atoms with Crippen molar-refractivity contribution >= 4 is 39.1 Å². The van der Waals surface area contributed by atoms with Crippen LogP contribution in [-0.2, 0) is 38.8 Å². The molecule has 1 atom stereocenters. The second-order valence-corrected chi connectivity index (χ2v) is 11.6. The fourth-order valence-corrected chi connectivity index (χ4v) is 5.18. The molecule has 7 nitrogen and oxygen atoms in total. The van der Waals surface area contributed by atoms with Crippen LogP contribution in [-0.4, -0.2) is 51.0 Å². The summed E-state index contributed by atoms with van der Waals surface area (Å²) >= 11 is 5.72. The summed E-state index contributed by atoms with van der Waals surface area (Å²) in [6.45, 7) is 1.00. The van der Waals surface area contributed by atoms with Gasteiger partial charge in [-0.25, -0.2) is 8.42 Å². The van der Waals surface area contributed by atoms with E-state index in [2.05, 4.69) is 5.32 Å². The van der Waals surface area contributed by atoms with Crippen LogP contribution in [0.5, 0.6) is 0 Å². The minimum absolute atomic E-state index is 0.0456. The van der Waals surface area contributed by atoms with Gasteiger partial charge in [0, 0.05) is 20.0 Å². The molecule has 0 fully saturated rings. The lowest BCUT2D eigenvalue weighted by atomic mass is 10.0. The smallest absolute Gasteiger partial charge is 0.357 e. The molecule has 2 amide bonds. The van der Waals surface area contributed by atoms with E-state index in [-0.39, 0.29) is 18.7 Å². The second-order valence-electron chi connectivity index (χ2n) is 9.26. The van der Waals surface area contributed by atoms with Crippen LogP contribution in [0.15, 0.2) is 72.8 Å². The molecule has 0 aliphatic carbocycles. The van der Waals surface area contributed by atoms with Crippen molar-refractivity contribution < 1.29 is 31.2 Å². The molecule has 1 N–H and O–H groups in total. The fourth-order valence-electron chi connectivity index (χ4n) is 4.11. The maximum atomic E-state index is 13.8. The molecule has 0 saturated heterocycles. The number of aryl methyl sites for hydroxylation is 1. The molecule has 0 heterocycles. The van der Waals surface area contributed by atoms with Gasteiger partial charge in [0.15, 0.2) is 0 Å². The highest BCUT2D eigenvalue weighted by molar-refractivity contribution is 7.92. The summed E-state index contributed by atoms with van der Waals surface area (Å²) in [5, 5.41) is 1.95. The van der Waals surface area contributed by atoms with E-state index in [1.807, 2.05) is 19.1 Å². The minimum Gasteiger partial charge on any atom is -0.357 e. The van der Waals surface area contributed by atoms with Gasteiger partial charge in [0.25, 0.3) is 0 Å². The summed E-state index contributed by atoms with van der Waals surface area (Å²) in [7, 11) is -2.81. The topological polar surface area (TPSA) is 86.8 Å². The Bertz CT molecular complexity index is 1450. The van der Waals surface area contributed by atoms with Crippen LogP contribution < -0.4 is 9.62 Å². The number of rotatable bonds is 10. The highest BCUT2D eigenvalue weighted by Gasteiger charge is 2.36. The number of nitrogens with one attached hydrogen (secondary N) is 1. The van der Waals surface area contributed by atoms with E-state index < -0.39 is 51.2 Å². The highest BCUT2D eigenvalue weighted by atomic mass is 35.5. The number of amides is 2. The van der Waals surface area contributed by atoms with E-state index in [1.165, 1.54) is 11.9 Å². The fraction of sp³-hybridized carbons (Fsp3) is 0.286. The van der Waals surface area contributed by atoms with E-state index >= 15 is 0 Å². The van der Waals surface area contributed by atoms with Crippen molar-refractivity contribution in [2.24, 2.45) is 0 Å². The van der Waals surface area contributed by atoms with Crippen LogP contribution in [0.2, 0.25) is 5.02 Å². The van der Waals surface area contributed by atoms with Crippen LogP contribution in [0.3, 0.4) is 0 Å². The molecule has 3 aromatic rings. The van der Waals surface area contributed by atoms with Crippen molar-refractivity contribution in [3.05, 3.63) is 100 Å². The second kappa shape index (κ2) is 12.7. The Labute approximate surface area is 236 Å². The summed E-state index contributed by atoms with van der Waals surface area (Å²) in [5.74, 6) is -1.26. The minimum atomic E-state index is -4.85. The molecule has 0 aromatic heterocycles. The van der Waals surface area contributed by atoms with Crippen molar-refractivity contribution in [1.82, 2.24) is 10.2 Å². The number of carbonyl (C=O) groups excluding carboxylic acids is 2. The molecule has 214 valence electrons. The molecule has 0 unspecified atom stereocenters. The molecular formula is C28H29ClF3N3O4S. The normalized spacial score (nSPS) is 12.5. The predicted octanol–water partition coefficient (Wildman–Crippen LogP) is 4.82. The lowest BCUT2D eigenvalue weighted by molar-refractivity contribution is -0.139. The highest BCUT2D eigenvalue weighted by Crippen LogP contribution is 2.37. The van der Waals surface area contributed by atoms with Crippen molar-refractivity contribution in [1.29, 1.82) is 0 Å². The third-order valence-corrected chi connectivity index (χ3v) is 7.68. The van der Waals surface area contributed by atoms with Gasteiger partial charge in [-0.05, 0) is 36.2 Å². The molecular weight excluding hydrogens is 567 g/mol. The summed E-state index contributed by atoms with van der Waals surface area (Å²) < 4.78 is 66.6. The first-order chi connectivity index (χ1) is 18.7. The van der Waals surface area contributed by atoms with Crippen LogP contribution in [0.25, 0.3) is 0 Å². The Kier molecular flexibility index (Phi) is 9.86. The number of nitrogens with zero attached hydrogens (tertiary/aromatic N) is 2. The van der Waals surface area contributed by atoms with E-state index in [0.717, 1.165) is 29.5 Å². The summed E-state index contributed by atoms with van der Waals surface area (Å²) in [6, 6.07) is 17.7. The molecule has 40 heavy (non-hydrogen) atoms. The average molecular weight is 596 g/mol. The van der Waals surface area contributed by atoms with Gasteiger partial charge in [0.05, 0.1) is 22.5 Å². The number of sulfonamides is 1. The van der Waals surface area contributed by atoms with Crippen LogP contribution >= 0.6 is 11.6 Å². The number of likely N-dealkylation sites (N-methyl/N-ethyl adjacent to an activating group) is 1. The first kappa shape index (κ1) is 31.0. The van der Waals surface area contributed by atoms with Crippen LogP contribution in [0.4, 0.5) is 18.9 Å². The van der Waals surface area contributed by atoms with Crippen molar-refractivity contribution in [3.63, 3.8) is 0 Å². The first-order valence-corrected chi connectivity index (χ1v) is 14.4. The van der Waals surface area contributed by atoms with Gasteiger partial charge in [-0.15, -0.1) is 0 Å². The molecule has 12 heteroatoms. The lowest BCUT2D eigenvalue weighted by Crippen LogP contribution is -2.52. The monoisotopic (exact) mass is 595 g/mol. The number of hydrogen-bond acceptors (Lipinski definition) is 4. The molecule has 0 saturated carbocycles. The summed E-state index contributed by atoms with van der Waals surface area (Å²) in [4.78, 5) is 28.2. The molecule has 0 radical (unpaired) electrons. The maximum Gasteiger partial charge on any atom is 0.417 e. The Morgan fingerprint density at radius 1 is 0.975 bits per heavy atom. The van der Waals surface area contributed by atoms with Gasteiger partial charge in [0.1, 0.15) is 12.6 Å². The summed E-state index contributed by atoms with van der Waals surface area (Å²) in [6.07, 6.45) is -3.94. The summed E-state index contributed by atoms with van der Waals surface area (Å²) in [5.41, 5.74) is 0.780. The van der Waals surface area contributed by atoms with Crippen molar-refractivity contribution in [3.8, 4) is 0 Å². The zero-order valence-electron chi connectivity index (χ0n) is 22.1. The zero-order valence-corrected chi connectivity index (χ0v) is 23.6. The van der Waals surface area contributed by atoms with E-state index in [0.29, 0.717) is 15.9 Å². The van der Waals surface area contributed by atoms with Gasteiger partial charge < -0.3 is 10.2 Å². The van der Waals surface area contributed by atoms with E-state index in [4.69, 9.17) is 11.6 Å². The number of benzene rings is 3. The molecule has 0 bridgehead atoms. The zero-order chi connectivity index (χ0) is 29.7. The number of carbonyl (C=O) groups is 2. The SMILES string of the molecule is CNC(=O)[C@H](Cc1ccccc1)N(Cc1ccc(C)cc1)C(=O)CN(c1ccc(Cl)c(C(F)(F)F)c1)S(C)(=O)=O. The van der Waals surface area contributed by atoms with Gasteiger partial charge in [-0.3, -0.25) is 13.9 Å². The largest absolute Gasteiger partial charge is 0.417 e. The standard InChI is InChI=1S/C28H29ClF3N3O4S/c1-19-9-11-21(12-10-19)17-34(25(27(37)33-2)15-20-7-5-4-6-8-20)26(36)18-35(40(3,38)39)22-13-14-24(29)23(16-22)28(30,31)32/h4-14,16,25H,15,17-18H2,1-3H3,(H,33,37)/t25-/m0/s1. The van der Waals surface area contributed by atoms with Gasteiger partial charge >= 0.3 is 6.18 Å². The molecule has 0 spiro atoms. The Morgan fingerprint density at radius 2 is 1.60 bits per heavy atom. The number of hydrogen-bond donors (Lipinski definition) is 1. The average Bonchev–Trinajstić information content (AvgIpc) is 2.89. The van der Waals surface area contributed by atoms with E-state index in [1.54, 1.807) is 42.5 Å². The Morgan fingerprint density at radius 3 is 2.15 bits per heavy atom. The molecule has 3 aromatic carbocycles. The maximum absolute atomic E-state index is 13.8. The molecule has 0 aliphatic rings. The predicted molar refractivity (Wildman–Crippen MR) is 148 cm³/mol. The van der Waals surface area contributed by atoms with Gasteiger partial charge in [-0.2, -0.15) is 13.2 Å². The third kappa shape index (κ3) is 7.98.